The van der Waals surface area contributed by atoms with Gasteiger partial charge in [-0.05, 0) is 25.3 Å². The van der Waals surface area contributed by atoms with Gasteiger partial charge in [0.2, 0.25) is 0 Å². The van der Waals surface area contributed by atoms with Crippen molar-refractivity contribution in [2.24, 2.45) is 13.0 Å². The number of rotatable bonds is 5. The van der Waals surface area contributed by atoms with E-state index in [1.165, 1.54) is 0 Å². The van der Waals surface area contributed by atoms with Crippen LogP contribution in [0.1, 0.15) is 29.5 Å². The standard InChI is InChI=1S/C11H19N3O2/c1-8(4-5-15)7-12-11(16)10-6-9(2)13-14(10)3/h6,8,15H,4-5,7H2,1-3H3,(H,12,16). The van der Waals surface area contributed by atoms with Gasteiger partial charge in [0.15, 0.2) is 0 Å². The van der Waals surface area contributed by atoms with E-state index in [2.05, 4.69) is 10.4 Å². The molecule has 0 bridgehead atoms. The first kappa shape index (κ1) is 12.7. The molecule has 0 radical (unpaired) electrons. The van der Waals surface area contributed by atoms with Gasteiger partial charge in [0.05, 0.1) is 5.69 Å². The SMILES string of the molecule is Cc1cc(C(=O)NCC(C)CCO)n(C)n1. The number of carbonyl (C=O) groups excluding carboxylic acids is 1. The molecular weight excluding hydrogens is 206 g/mol. The van der Waals surface area contributed by atoms with Crippen LogP contribution in [0, 0.1) is 12.8 Å². The first-order valence-electron chi connectivity index (χ1n) is 5.44. The largest absolute Gasteiger partial charge is 0.396 e. The lowest BCUT2D eigenvalue weighted by Gasteiger charge is -2.10. The smallest absolute Gasteiger partial charge is 0.269 e. The third-order valence-electron chi connectivity index (χ3n) is 2.47. The van der Waals surface area contributed by atoms with Crippen LogP contribution in [0.2, 0.25) is 0 Å². The van der Waals surface area contributed by atoms with E-state index in [1.54, 1.807) is 17.8 Å². The minimum absolute atomic E-state index is 0.118. The van der Waals surface area contributed by atoms with E-state index in [-0.39, 0.29) is 18.4 Å². The van der Waals surface area contributed by atoms with Gasteiger partial charge in [0.1, 0.15) is 5.69 Å². The molecule has 0 spiro atoms. The molecule has 1 heterocycles. The summed E-state index contributed by atoms with van der Waals surface area (Å²) in [5.41, 5.74) is 1.39. The Morgan fingerprint density at radius 2 is 2.38 bits per heavy atom. The molecule has 2 N–H and O–H groups in total. The van der Waals surface area contributed by atoms with Crippen LogP contribution in [-0.4, -0.2) is 33.9 Å². The second-order valence-electron chi connectivity index (χ2n) is 4.12. The van der Waals surface area contributed by atoms with Gasteiger partial charge < -0.3 is 10.4 Å². The Kier molecular flexibility index (Phi) is 4.49. The second-order valence-corrected chi connectivity index (χ2v) is 4.12. The number of hydrogen-bond acceptors (Lipinski definition) is 3. The molecule has 90 valence electrons. The first-order valence-corrected chi connectivity index (χ1v) is 5.44. The van der Waals surface area contributed by atoms with Crippen molar-refractivity contribution >= 4 is 5.91 Å². The molecular formula is C11H19N3O2. The van der Waals surface area contributed by atoms with Crippen LogP contribution >= 0.6 is 0 Å². The number of aromatic nitrogens is 2. The second kappa shape index (κ2) is 5.65. The van der Waals surface area contributed by atoms with Gasteiger partial charge in [-0.25, -0.2) is 0 Å². The van der Waals surface area contributed by atoms with Crippen LogP contribution < -0.4 is 5.32 Å². The van der Waals surface area contributed by atoms with Crippen LogP contribution in [0.25, 0.3) is 0 Å². The molecule has 5 heteroatoms. The summed E-state index contributed by atoms with van der Waals surface area (Å²) in [7, 11) is 1.75. The van der Waals surface area contributed by atoms with Gasteiger partial charge in [0.25, 0.3) is 5.91 Å². The van der Waals surface area contributed by atoms with Crippen LogP contribution in [0.5, 0.6) is 0 Å². The Labute approximate surface area is 95.5 Å². The van der Waals surface area contributed by atoms with Gasteiger partial charge >= 0.3 is 0 Å². The fraction of sp³-hybridized carbons (Fsp3) is 0.636. The van der Waals surface area contributed by atoms with Crippen LogP contribution in [0.3, 0.4) is 0 Å². The molecule has 1 aromatic rings. The van der Waals surface area contributed by atoms with Crippen molar-refractivity contribution in [1.29, 1.82) is 0 Å². The number of nitrogens with one attached hydrogen (secondary N) is 1. The lowest BCUT2D eigenvalue weighted by molar-refractivity contribution is 0.0936. The van der Waals surface area contributed by atoms with Gasteiger partial charge in [-0.1, -0.05) is 6.92 Å². The molecule has 0 saturated carbocycles. The molecule has 1 unspecified atom stereocenters. The van der Waals surface area contributed by atoms with Crippen LogP contribution in [-0.2, 0) is 7.05 Å². The number of amides is 1. The van der Waals surface area contributed by atoms with E-state index in [4.69, 9.17) is 5.11 Å². The third kappa shape index (κ3) is 3.34. The third-order valence-corrected chi connectivity index (χ3v) is 2.47. The average Bonchev–Trinajstić information content (AvgIpc) is 2.55. The van der Waals surface area contributed by atoms with Crippen molar-refractivity contribution in [3.8, 4) is 0 Å². The Morgan fingerprint density at radius 1 is 1.69 bits per heavy atom. The Morgan fingerprint density at radius 3 is 2.88 bits per heavy atom. The molecule has 0 aliphatic heterocycles. The lowest BCUT2D eigenvalue weighted by atomic mass is 10.1. The van der Waals surface area contributed by atoms with E-state index >= 15 is 0 Å². The van der Waals surface area contributed by atoms with Gasteiger partial charge in [-0.3, -0.25) is 9.48 Å². The molecule has 0 fully saturated rings. The molecule has 1 aromatic heterocycles. The first-order chi connectivity index (χ1) is 7.54. The summed E-state index contributed by atoms with van der Waals surface area (Å²) in [4.78, 5) is 11.8. The summed E-state index contributed by atoms with van der Waals surface area (Å²) < 4.78 is 1.57. The predicted molar refractivity (Wildman–Crippen MR) is 61.1 cm³/mol. The van der Waals surface area contributed by atoms with E-state index in [9.17, 15) is 4.79 Å². The van der Waals surface area contributed by atoms with Crippen molar-refractivity contribution in [2.75, 3.05) is 13.2 Å². The van der Waals surface area contributed by atoms with Crippen molar-refractivity contribution in [1.82, 2.24) is 15.1 Å². The van der Waals surface area contributed by atoms with E-state index < -0.39 is 0 Å². The highest BCUT2D eigenvalue weighted by molar-refractivity contribution is 5.92. The number of aliphatic hydroxyl groups is 1. The highest BCUT2D eigenvalue weighted by Gasteiger charge is 2.12. The molecule has 0 saturated heterocycles. The summed E-state index contributed by atoms with van der Waals surface area (Å²) in [6.07, 6.45) is 0.699. The van der Waals surface area contributed by atoms with Gasteiger partial charge in [0, 0.05) is 20.2 Å². The van der Waals surface area contributed by atoms with Crippen LogP contribution in [0.15, 0.2) is 6.07 Å². The van der Waals surface area contributed by atoms with Gasteiger partial charge in [-0.15, -0.1) is 0 Å². The maximum atomic E-state index is 11.8. The lowest BCUT2D eigenvalue weighted by Crippen LogP contribution is -2.30. The zero-order chi connectivity index (χ0) is 12.1. The molecule has 1 rings (SSSR count). The number of hydrogen-bond donors (Lipinski definition) is 2. The highest BCUT2D eigenvalue weighted by Crippen LogP contribution is 2.03. The number of aliphatic hydroxyl groups excluding tert-OH is 1. The molecule has 1 atom stereocenters. The van der Waals surface area contributed by atoms with Gasteiger partial charge in [-0.2, -0.15) is 5.10 Å². The molecule has 16 heavy (non-hydrogen) atoms. The highest BCUT2D eigenvalue weighted by atomic mass is 16.3. The zero-order valence-electron chi connectivity index (χ0n) is 10.0. The zero-order valence-corrected chi connectivity index (χ0v) is 10.0. The van der Waals surface area contributed by atoms with Crippen molar-refractivity contribution < 1.29 is 9.90 Å². The normalized spacial score (nSPS) is 12.5. The van der Waals surface area contributed by atoms with Crippen molar-refractivity contribution in [3.05, 3.63) is 17.5 Å². The summed E-state index contributed by atoms with van der Waals surface area (Å²) >= 11 is 0. The molecule has 0 aliphatic rings. The fourth-order valence-corrected chi connectivity index (χ4v) is 1.50. The minimum Gasteiger partial charge on any atom is -0.396 e. The van der Waals surface area contributed by atoms with Crippen molar-refractivity contribution in [2.45, 2.75) is 20.3 Å². The summed E-state index contributed by atoms with van der Waals surface area (Å²) in [6, 6.07) is 1.76. The maximum Gasteiger partial charge on any atom is 0.269 e. The quantitative estimate of drug-likeness (QED) is 0.765. The minimum atomic E-state index is -0.118. The molecule has 1 amide bonds. The fourth-order valence-electron chi connectivity index (χ4n) is 1.50. The molecule has 5 nitrogen and oxygen atoms in total. The Bertz CT molecular complexity index is 360. The average molecular weight is 225 g/mol. The van der Waals surface area contributed by atoms with E-state index in [0.29, 0.717) is 18.7 Å². The summed E-state index contributed by atoms with van der Waals surface area (Å²) in [6.45, 7) is 4.57. The maximum absolute atomic E-state index is 11.8. The predicted octanol–water partition coefficient (Wildman–Crippen LogP) is 0.477. The van der Waals surface area contributed by atoms with E-state index in [0.717, 1.165) is 5.69 Å². The number of carbonyl (C=O) groups is 1. The van der Waals surface area contributed by atoms with E-state index in [1.807, 2.05) is 13.8 Å². The number of nitrogens with zero attached hydrogens (tertiary/aromatic N) is 2. The number of aryl methyl sites for hydroxylation is 2. The summed E-state index contributed by atoms with van der Waals surface area (Å²) in [5, 5.41) is 15.7. The molecule has 0 aromatic carbocycles. The van der Waals surface area contributed by atoms with Crippen LogP contribution in [0.4, 0.5) is 0 Å². The summed E-state index contributed by atoms with van der Waals surface area (Å²) in [5.74, 6) is 0.163. The Hall–Kier alpha value is -1.36. The molecule has 0 aliphatic carbocycles. The Balaban J connectivity index is 2.50. The van der Waals surface area contributed by atoms with Crippen molar-refractivity contribution in [3.63, 3.8) is 0 Å². The topological polar surface area (TPSA) is 67.2 Å². The monoisotopic (exact) mass is 225 g/mol.